The van der Waals surface area contributed by atoms with Crippen molar-refractivity contribution in [1.82, 2.24) is 0 Å². The van der Waals surface area contributed by atoms with Gasteiger partial charge in [-0.05, 0) is 25.3 Å². The van der Waals surface area contributed by atoms with E-state index in [-0.39, 0.29) is 23.1 Å². The quantitative estimate of drug-likeness (QED) is 0.665. The van der Waals surface area contributed by atoms with Gasteiger partial charge in [-0.15, -0.1) is 11.3 Å². The fourth-order valence-electron chi connectivity index (χ4n) is 2.11. The summed E-state index contributed by atoms with van der Waals surface area (Å²) in [6.45, 7) is 3.33. The minimum atomic E-state index is -0.491. The smallest absolute Gasteiger partial charge is 0.341 e. The SMILES string of the molecule is CCOC(=O)c1c(NC(C)=O)sc2c1CC[C@@H](Br)C2=O. The van der Waals surface area contributed by atoms with Gasteiger partial charge in [0.05, 0.1) is 21.9 Å². The number of Topliss-reactive ketones (excluding diaryl/α,β-unsaturated/α-hetero) is 1. The lowest BCUT2D eigenvalue weighted by Gasteiger charge is -2.16. The van der Waals surface area contributed by atoms with Gasteiger partial charge in [-0.25, -0.2) is 4.79 Å². The van der Waals surface area contributed by atoms with Crippen LogP contribution in [0.2, 0.25) is 0 Å². The third-order valence-corrected chi connectivity index (χ3v) is 4.97. The van der Waals surface area contributed by atoms with Crippen LogP contribution in [0.5, 0.6) is 0 Å². The summed E-state index contributed by atoms with van der Waals surface area (Å²) in [4.78, 5) is 35.8. The highest BCUT2D eigenvalue weighted by Crippen LogP contribution is 2.40. The molecule has 5 nitrogen and oxygen atoms in total. The Balaban J connectivity index is 2.51. The molecule has 0 unspecified atom stereocenters. The number of nitrogens with one attached hydrogen (secondary N) is 1. The van der Waals surface area contributed by atoms with Crippen LogP contribution in [0.25, 0.3) is 0 Å². The summed E-state index contributed by atoms with van der Waals surface area (Å²) in [5.41, 5.74) is 1.02. The molecule has 0 aliphatic heterocycles. The number of alkyl halides is 1. The first-order chi connectivity index (χ1) is 9.45. The lowest BCUT2D eigenvalue weighted by molar-refractivity contribution is -0.114. The van der Waals surface area contributed by atoms with Crippen molar-refractivity contribution in [3.63, 3.8) is 0 Å². The Kier molecular flexibility index (Phi) is 4.59. The molecule has 1 N–H and O–H groups in total. The predicted molar refractivity (Wildman–Crippen MR) is 79.9 cm³/mol. The van der Waals surface area contributed by atoms with Crippen molar-refractivity contribution in [3.05, 3.63) is 16.0 Å². The molecule has 1 amide bonds. The number of fused-ring (bicyclic) bond motifs is 1. The molecule has 1 aromatic rings. The number of ether oxygens (including phenoxy) is 1. The number of rotatable bonds is 3. The maximum Gasteiger partial charge on any atom is 0.341 e. The van der Waals surface area contributed by atoms with Crippen LogP contribution in [0, 0.1) is 0 Å². The molecule has 108 valence electrons. The van der Waals surface area contributed by atoms with Crippen molar-refractivity contribution < 1.29 is 19.1 Å². The Morgan fingerprint density at radius 1 is 1.50 bits per heavy atom. The van der Waals surface area contributed by atoms with E-state index in [1.54, 1.807) is 6.92 Å². The van der Waals surface area contributed by atoms with Gasteiger partial charge in [-0.2, -0.15) is 0 Å². The second-order valence-electron chi connectivity index (χ2n) is 4.39. The van der Waals surface area contributed by atoms with Crippen molar-refractivity contribution in [1.29, 1.82) is 0 Å². The largest absolute Gasteiger partial charge is 0.462 e. The minimum absolute atomic E-state index is 0.0431. The Hall–Kier alpha value is -1.21. The van der Waals surface area contributed by atoms with Crippen LogP contribution < -0.4 is 5.32 Å². The molecule has 0 aromatic carbocycles. The van der Waals surface area contributed by atoms with Crippen molar-refractivity contribution in [2.75, 3.05) is 11.9 Å². The van der Waals surface area contributed by atoms with Crippen LogP contribution in [0.15, 0.2) is 0 Å². The highest BCUT2D eigenvalue weighted by molar-refractivity contribution is 9.10. The van der Waals surface area contributed by atoms with Crippen LogP contribution in [-0.4, -0.2) is 29.1 Å². The molecule has 0 radical (unpaired) electrons. The fourth-order valence-corrected chi connectivity index (χ4v) is 4.00. The highest BCUT2D eigenvalue weighted by Gasteiger charge is 2.34. The van der Waals surface area contributed by atoms with Gasteiger partial charge in [0.25, 0.3) is 0 Å². The molecule has 1 aliphatic rings. The maximum atomic E-state index is 12.1. The van der Waals surface area contributed by atoms with Gasteiger partial charge in [0.1, 0.15) is 5.00 Å². The number of thiophene rings is 1. The molecule has 0 spiro atoms. The summed E-state index contributed by atoms with van der Waals surface area (Å²) < 4.78 is 5.03. The molecule has 2 rings (SSSR count). The number of amides is 1. The summed E-state index contributed by atoms with van der Waals surface area (Å²) in [5.74, 6) is -0.815. The van der Waals surface area contributed by atoms with E-state index in [0.717, 1.165) is 11.3 Å². The van der Waals surface area contributed by atoms with Gasteiger partial charge in [-0.1, -0.05) is 15.9 Å². The first kappa shape index (κ1) is 15.2. The summed E-state index contributed by atoms with van der Waals surface area (Å²) in [6, 6.07) is 0. The van der Waals surface area contributed by atoms with E-state index in [2.05, 4.69) is 21.2 Å². The van der Waals surface area contributed by atoms with Crippen molar-refractivity contribution in [2.24, 2.45) is 0 Å². The molecule has 0 fully saturated rings. The molecule has 1 aromatic heterocycles. The van der Waals surface area contributed by atoms with Crippen LogP contribution >= 0.6 is 27.3 Å². The van der Waals surface area contributed by atoms with E-state index in [9.17, 15) is 14.4 Å². The van der Waals surface area contributed by atoms with Gasteiger partial charge in [-0.3, -0.25) is 9.59 Å². The molecule has 1 aliphatic carbocycles. The second kappa shape index (κ2) is 6.05. The number of carbonyl (C=O) groups excluding carboxylic acids is 3. The van der Waals surface area contributed by atoms with Gasteiger partial charge < -0.3 is 10.1 Å². The molecule has 1 heterocycles. The molecule has 0 saturated carbocycles. The summed E-state index contributed by atoms with van der Waals surface area (Å²) in [7, 11) is 0. The topological polar surface area (TPSA) is 72.5 Å². The maximum absolute atomic E-state index is 12.1. The number of carbonyl (C=O) groups is 3. The predicted octanol–water partition coefficient (Wildman–Crippen LogP) is 2.78. The zero-order valence-electron chi connectivity index (χ0n) is 11.1. The van der Waals surface area contributed by atoms with E-state index in [1.807, 2.05) is 0 Å². The summed E-state index contributed by atoms with van der Waals surface area (Å²) in [6.07, 6.45) is 1.25. The molecule has 0 saturated heterocycles. The lowest BCUT2D eigenvalue weighted by atomic mass is 9.94. The van der Waals surface area contributed by atoms with E-state index >= 15 is 0 Å². The summed E-state index contributed by atoms with van der Waals surface area (Å²) in [5, 5.41) is 3.02. The van der Waals surface area contributed by atoms with Gasteiger partial charge in [0, 0.05) is 6.92 Å². The number of hydrogen-bond acceptors (Lipinski definition) is 5. The first-order valence-electron chi connectivity index (χ1n) is 6.24. The minimum Gasteiger partial charge on any atom is -0.462 e. The van der Waals surface area contributed by atoms with E-state index < -0.39 is 5.97 Å². The van der Waals surface area contributed by atoms with Crippen LogP contribution in [-0.2, 0) is 16.0 Å². The third kappa shape index (κ3) is 2.78. The van der Waals surface area contributed by atoms with Gasteiger partial charge in [0.2, 0.25) is 5.91 Å². The average molecular weight is 360 g/mol. The van der Waals surface area contributed by atoms with Crippen molar-refractivity contribution in [3.8, 4) is 0 Å². The van der Waals surface area contributed by atoms with E-state index in [0.29, 0.717) is 33.8 Å². The molecule has 7 heteroatoms. The number of esters is 1. The number of hydrogen-bond donors (Lipinski definition) is 1. The zero-order valence-corrected chi connectivity index (χ0v) is 13.5. The number of ketones is 1. The average Bonchev–Trinajstić information content (AvgIpc) is 2.72. The Morgan fingerprint density at radius 2 is 2.20 bits per heavy atom. The monoisotopic (exact) mass is 359 g/mol. The van der Waals surface area contributed by atoms with Crippen molar-refractivity contribution in [2.45, 2.75) is 31.5 Å². The normalized spacial score (nSPS) is 17.6. The fraction of sp³-hybridized carbons (Fsp3) is 0.462. The van der Waals surface area contributed by atoms with Crippen LogP contribution in [0.1, 0.15) is 45.9 Å². The highest BCUT2D eigenvalue weighted by atomic mass is 79.9. The molecule has 20 heavy (non-hydrogen) atoms. The Bertz CT molecular complexity index is 581. The first-order valence-corrected chi connectivity index (χ1v) is 7.97. The molecular formula is C13H14BrNO4S. The zero-order chi connectivity index (χ0) is 14.9. The third-order valence-electron chi connectivity index (χ3n) is 2.93. The van der Waals surface area contributed by atoms with Crippen LogP contribution in [0.3, 0.4) is 0 Å². The number of anilines is 1. The van der Waals surface area contributed by atoms with Crippen LogP contribution in [0.4, 0.5) is 5.00 Å². The van der Waals surface area contributed by atoms with E-state index in [4.69, 9.17) is 4.74 Å². The molecule has 0 bridgehead atoms. The standard InChI is InChI=1S/C13H14BrNO4S/c1-3-19-13(18)9-7-4-5-8(14)10(17)11(7)20-12(9)15-6(2)16/h8H,3-5H2,1-2H3,(H,15,16)/t8-/m1/s1. The van der Waals surface area contributed by atoms with E-state index in [1.165, 1.54) is 6.92 Å². The second-order valence-corrected chi connectivity index (χ2v) is 6.51. The molecule has 1 atom stereocenters. The van der Waals surface area contributed by atoms with Gasteiger partial charge >= 0.3 is 5.97 Å². The van der Waals surface area contributed by atoms with Crippen molar-refractivity contribution >= 4 is 49.9 Å². The number of halogens is 1. The Labute approximate surface area is 128 Å². The van der Waals surface area contributed by atoms with Gasteiger partial charge in [0.15, 0.2) is 5.78 Å². The lowest BCUT2D eigenvalue weighted by Crippen LogP contribution is -2.22. The Morgan fingerprint density at radius 3 is 2.80 bits per heavy atom. The summed E-state index contributed by atoms with van der Waals surface area (Å²) >= 11 is 4.47. The molecular weight excluding hydrogens is 346 g/mol.